The minimum atomic E-state index is -0.396. The van der Waals surface area contributed by atoms with Crippen LogP contribution in [-0.2, 0) is 9.47 Å². The second kappa shape index (κ2) is 5.78. The molecule has 2 fully saturated rings. The van der Waals surface area contributed by atoms with Gasteiger partial charge in [-0.2, -0.15) is 5.26 Å². The molecule has 0 aromatic heterocycles. The summed E-state index contributed by atoms with van der Waals surface area (Å²) in [5.41, 5.74) is 0.639. The van der Waals surface area contributed by atoms with Crippen LogP contribution in [0.3, 0.4) is 0 Å². The van der Waals surface area contributed by atoms with Gasteiger partial charge in [0.2, 0.25) is 0 Å². The van der Waals surface area contributed by atoms with E-state index in [0.717, 1.165) is 57.8 Å². The number of likely N-dealkylation sites (tertiary alicyclic amines) is 1. The molecule has 0 radical (unpaired) electrons. The average Bonchev–Trinajstić information content (AvgIpc) is 2.74. The lowest BCUT2D eigenvalue weighted by atomic mass is 10.0. The highest BCUT2D eigenvalue weighted by atomic mass is 16.7. The molecule has 106 valence electrons. The van der Waals surface area contributed by atoms with Crippen LogP contribution in [0.25, 0.3) is 0 Å². The van der Waals surface area contributed by atoms with E-state index >= 15 is 0 Å². The SMILES string of the molecule is N#CC1=C(N2CCC3(CC2)OCCCO3)N=CCC=C1. The highest BCUT2D eigenvalue weighted by molar-refractivity contribution is 5.63. The minimum absolute atomic E-state index is 0.396. The van der Waals surface area contributed by atoms with Crippen molar-refractivity contribution in [1.29, 1.82) is 5.26 Å². The van der Waals surface area contributed by atoms with Crippen molar-refractivity contribution in [2.24, 2.45) is 4.99 Å². The molecule has 0 atom stereocenters. The average molecular weight is 273 g/mol. The monoisotopic (exact) mass is 273 g/mol. The summed E-state index contributed by atoms with van der Waals surface area (Å²) in [6.07, 6.45) is 9.09. The summed E-state index contributed by atoms with van der Waals surface area (Å²) in [4.78, 5) is 6.61. The Bertz CT molecular complexity index is 486. The second-order valence-corrected chi connectivity index (χ2v) is 5.25. The number of allylic oxidation sites excluding steroid dienone is 3. The van der Waals surface area contributed by atoms with E-state index in [2.05, 4.69) is 16.0 Å². The Hall–Kier alpha value is -1.64. The van der Waals surface area contributed by atoms with Gasteiger partial charge >= 0.3 is 0 Å². The Balaban J connectivity index is 1.72. The summed E-state index contributed by atoms with van der Waals surface area (Å²) in [7, 11) is 0. The zero-order chi connectivity index (χ0) is 13.8. The molecule has 0 aromatic rings. The Morgan fingerprint density at radius 3 is 2.70 bits per heavy atom. The number of hydrogen-bond acceptors (Lipinski definition) is 5. The normalized spacial score (nSPS) is 25.6. The fraction of sp³-hybridized carbons (Fsp3) is 0.600. The molecule has 3 aliphatic rings. The first kappa shape index (κ1) is 13.3. The summed E-state index contributed by atoms with van der Waals surface area (Å²) in [6, 6.07) is 2.24. The van der Waals surface area contributed by atoms with E-state index in [1.54, 1.807) is 0 Å². The number of nitrogens with zero attached hydrogens (tertiary/aromatic N) is 3. The van der Waals surface area contributed by atoms with Crippen molar-refractivity contribution in [2.75, 3.05) is 26.3 Å². The van der Waals surface area contributed by atoms with Crippen molar-refractivity contribution >= 4 is 6.21 Å². The number of hydrogen-bond donors (Lipinski definition) is 0. The highest BCUT2D eigenvalue weighted by Crippen LogP contribution is 2.32. The molecule has 3 rings (SSSR count). The van der Waals surface area contributed by atoms with Crippen molar-refractivity contribution in [3.63, 3.8) is 0 Å². The Labute approximate surface area is 119 Å². The van der Waals surface area contributed by atoms with Crippen molar-refractivity contribution in [1.82, 2.24) is 4.90 Å². The molecule has 5 heteroatoms. The van der Waals surface area contributed by atoms with E-state index in [1.807, 2.05) is 18.4 Å². The van der Waals surface area contributed by atoms with E-state index in [9.17, 15) is 5.26 Å². The van der Waals surface area contributed by atoms with Crippen LogP contribution in [0.15, 0.2) is 28.5 Å². The van der Waals surface area contributed by atoms with Crippen LogP contribution >= 0.6 is 0 Å². The summed E-state index contributed by atoms with van der Waals surface area (Å²) < 4.78 is 11.7. The molecule has 0 amide bonds. The maximum atomic E-state index is 9.25. The lowest BCUT2D eigenvalue weighted by Gasteiger charge is -2.44. The molecular formula is C15H19N3O2. The van der Waals surface area contributed by atoms with Gasteiger partial charge in [0.05, 0.1) is 18.8 Å². The Morgan fingerprint density at radius 2 is 2.00 bits per heavy atom. The zero-order valence-electron chi connectivity index (χ0n) is 11.5. The predicted molar refractivity (Wildman–Crippen MR) is 74.9 cm³/mol. The molecule has 0 saturated carbocycles. The fourth-order valence-electron chi connectivity index (χ4n) is 2.83. The van der Waals surface area contributed by atoms with Gasteiger partial charge in [-0.25, -0.2) is 4.99 Å². The zero-order valence-corrected chi connectivity index (χ0v) is 11.5. The number of aliphatic imine (C=N–C) groups is 1. The van der Waals surface area contributed by atoms with Gasteiger partial charge in [-0.15, -0.1) is 0 Å². The predicted octanol–water partition coefficient (Wildman–Crippen LogP) is 1.98. The molecule has 20 heavy (non-hydrogen) atoms. The molecule has 3 heterocycles. The third-order valence-corrected chi connectivity index (χ3v) is 3.94. The molecule has 0 aromatic carbocycles. The maximum absolute atomic E-state index is 9.25. The lowest BCUT2D eigenvalue weighted by Crippen LogP contribution is -2.49. The highest BCUT2D eigenvalue weighted by Gasteiger charge is 2.39. The van der Waals surface area contributed by atoms with Crippen LogP contribution in [0.1, 0.15) is 25.7 Å². The van der Waals surface area contributed by atoms with E-state index in [-0.39, 0.29) is 0 Å². The molecule has 2 saturated heterocycles. The van der Waals surface area contributed by atoms with Crippen LogP contribution in [0.5, 0.6) is 0 Å². The van der Waals surface area contributed by atoms with E-state index in [4.69, 9.17) is 9.47 Å². The molecule has 0 aliphatic carbocycles. The van der Waals surface area contributed by atoms with Crippen LogP contribution in [0.2, 0.25) is 0 Å². The van der Waals surface area contributed by atoms with E-state index in [1.165, 1.54) is 0 Å². The van der Waals surface area contributed by atoms with Gasteiger partial charge in [0.15, 0.2) is 5.79 Å². The van der Waals surface area contributed by atoms with Crippen molar-refractivity contribution in [2.45, 2.75) is 31.5 Å². The third kappa shape index (κ3) is 2.62. The summed E-state index contributed by atoms with van der Waals surface area (Å²) in [6.45, 7) is 3.19. The Morgan fingerprint density at radius 1 is 1.25 bits per heavy atom. The maximum Gasteiger partial charge on any atom is 0.171 e. The van der Waals surface area contributed by atoms with Gasteiger partial charge in [0.25, 0.3) is 0 Å². The second-order valence-electron chi connectivity index (χ2n) is 5.25. The van der Waals surface area contributed by atoms with Crippen molar-refractivity contribution in [3.05, 3.63) is 23.5 Å². The number of ether oxygens (including phenoxy) is 2. The number of piperidine rings is 1. The fourth-order valence-corrected chi connectivity index (χ4v) is 2.83. The van der Waals surface area contributed by atoms with Gasteiger partial charge in [0, 0.05) is 38.6 Å². The van der Waals surface area contributed by atoms with Crippen LogP contribution in [0, 0.1) is 11.3 Å². The molecule has 0 N–H and O–H groups in total. The topological polar surface area (TPSA) is 57.9 Å². The van der Waals surface area contributed by atoms with Crippen molar-refractivity contribution in [3.8, 4) is 6.07 Å². The van der Waals surface area contributed by atoms with Gasteiger partial charge in [0.1, 0.15) is 11.9 Å². The number of nitriles is 1. The minimum Gasteiger partial charge on any atom is -0.355 e. The van der Waals surface area contributed by atoms with Gasteiger partial charge in [-0.05, 0) is 12.5 Å². The summed E-state index contributed by atoms with van der Waals surface area (Å²) >= 11 is 0. The lowest BCUT2D eigenvalue weighted by molar-refractivity contribution is -0.282. The standard InChI is InChI=1S/C15H19N3O2/c16-12-13-4-1-2-7-17-14(13)18-8-5-15(6-9-18)19-10-3-11-20-15/h1,4,7H,2-3,5-6,8-11H2. The molecule has 3 aliphatic heterocycles. The van der Waals surface area contributed by atoms with Crippen LogP contribution < -0.4 is 0 Å². The first-order valence-electron chi connectivity index (χ1n) is 7.19. The van der Waals surface area contributed by atoms with Gasteiger partial charge in [-0.1, -0.05) is 6.08 Å². The quantitative estimate of drug-likeness (QED) is 0.733. The Kier molecular flexibility index (Phi) is 3.86. The first-order chi connectivity index (χ1) is 9.83. The largest absolute Gasteiger partial charge is 0.355 e. The number of rotatable bonds is 1. The van der Waals surface area contributed by atoms with Crippen LogP contribution in [0.4, 0.5) is 0 Å². The summed E-state index contributed by atoms with van der Waals surface area (Å²) in [5, 5.41) is 9.25. The smallest absolute Gasteiger partial charge is 0.171 e. The van der Waals surface area contributed by atoms with Gasteiger partial charge in [-0.3, -0.25) is 0 Å². The van der Waals surface area contributed by atoms with E-state index < -0.39 is 5.79 Å². The molecule has 5 nitrogen and oxygen atoms in total. The van der Waals surface area contributed by atoms with E-state index in [0.29, 0.717) is 5.57 Å². The molecule has 0 bridgehead atoms. The molecule has 1 spiro atoms. The molecule has 0 unspecified atom stereocenters. The van der Waals surface area contributed by atoms with Gasteiger partial charge < -0.3 is 14.4 Å². The summed E-state index contributed by atoms with van der Waals surface area (Å²) in [5.74, 6) is 0.388. The molecular weight excluding hydrogens is 254 g/mol. The van der Waals surface area contributed by atoms with Crippen molar-refractivity contribution < 1.29 is 9.47 Å². The third-order valence-electron chi connectivity index (χ3n) is 3.94. The first-order valence-corrected chi connectivity index (χ1v) is 7.19. The van der Waals surface area contributed by atoms with Crippen LogP contribution in [-0.4, -0.2) is 43.2 Å².